The van der Waals surface area contributed by atoms with Crippen molar-refractivity contribution in [1.82, 2.24) is 14.4 Å². The summed E-state index contributed by atoms with van der Waals surface area (Å²) in [7, 11) is 0. The maximum absolute atomic E-state index is 13.3. The van der Waals surface area contributed by atoms with Crippen molar-refractivity contribution in [2.75, 3.05) is 13.1 Å². The molecule has 0 aliphatic carbocycles. The van der Waals surface area contributed by atoms with Gasteiger partial charge in [0, 0.05) is 46.0 Å². The van der Waals surface area contributed by atoms with Crippen LogP contribution in [0.3, 0.4) is 0 Å². The second kappa shape index (κ2) is 6.52. The van der Waals surface area contributed by atoms with Gasteiger partial charge in [-0.1, -0.05) is 29.8 Å². The van der Waals surface area contributed by atoms with E-state index in [2.05, 4.69) is 6.07 Å². The predicted molar refractivity (Wildman–Crippen MR) is 110 cm³/mol. The topological polar surface area (TPSA) is 45.6 Å². The third-order valence-corrected chi connectivity index (χ3v) is 6.48. The highest BCUT2D eigenvalue weighted by Crippen LogP contribution is 2.32. The summed E-state index contributed by atoms with van der Waals surface area (Å²) in [4.78, 5) is 29.7. The van der Waals surface area contributed by atoms with Gasteiger partial charge >= 0.3 is 0 Å². The molecule has 0 saturated carbocycles. The summed E-state index contributed by atoms with van der Waals surface area (Å²) in [5.41, 5.74) is 1.99. The van der Waals surface area contributed by atoms with Crippen LogP contribution in [0.2, 0.25) is 5.02 Å². The second-order valence-electron chi connectivity index (χ2n) is 7.81. The van der Waals surface area contributed by atoms with E-state index >= 15 is 0 Å². The number of fused-ring (bicyclic) bond motifs is 4. The lowest BCUT2D eigenvalue weighted by molar-refractivity contribution is -0.152. The lowest BCUT2D eigenvalue weighted by atomic mass is 10.1. The highest BCUT2D eigenvalue weighted by molar-refractivity contribution is 6.31. The molecule has 0 N–H and O–H groups in total. The van der Waals surface area contributed by atoms with E-state index in [0.29, 0.717) is 11.6 Å². The van der Waals surface area contributed by atoms with Crippen LogP contribution in [0.4, 0.5) is 0 Å². The summed E-state index contributed by atoms with van der Waals surface area (Å²) in [5, 5.41) is 2.80. The third-order valence-electron chi connectivity index (χ3n) is 6.24. The molecule has 0 radical (unpaired) electrons. The highest BCUT2D eigenvalue weighted by Gasteiger charge is 2.42. The molecule has 0 bridgehead atoms. The van der Waals surface area contributed by atoms with Gasteiger partial charge < -0.3 is 14.4 Å². The smallest absolute Gasteiger partial charge is 0.245 e. The van der Waals surface area contributed by atoms with Crippen LogP contribution in [-0.4, -0.2) is 51.4 Å². The van der Waals surface area contributed by atoms with Crippen molar-refractivity contribution in [2.45, 2.75) is 38.4 Å². The Hall–Kier alpha value is -2.53. The highest BCUT2D eigenvalue weighted by atomic mass is 35.5. The zero-order valence-electron chi connectivity index (χ0n) is 15.8. The molecule has 1 aromatic heterocycles. The van der Waals surface area contributed by atoms with Crippen LogP contribution in [0.15, 0.2) is 42.5 Å². The average Bonchev–Trinajstić information content (AvgIpc) is 3.28. The Labute approximate surface area is 168 Å². The molecule has 3 heterocycles. The molecule has 28 heavy (non-hydrogen) atoms. The molecule has 2 amide bonds. The van der Waals surface area contributed by atoms with Gasteiger partial charge in [-0.05, 0) is 44.0 Å². The fraction of sp³-hybridized carbons (Fsp3) is 0.364. The number of benzene rings is 2. The van der Waals surface area contributed by atoms with Crippen LogP contribution >= 0.6 is 11.6 Å². The molecule has 144 valence electrons. The third kappa shape index (κ3) is 2.60. The van der Waals surface area contributed by atoms with Gasteiger partial charge in [-0.2, -0.15) is 0 Å². The molecule has 2 fully saturated rings. The van der Waals surface area contributed by atoms with Gasteiger partial charge in [-0.25, -0.2) is 0 Å². The molecule has 5 rings (SSSR count). The minimum absolute atomic E-state index is 0.00926. The summed E-state index contributed by atoms with van der Waals surface area (Å²) >= 11 is 6.22. The lowest BCUT2D eigenvalue weighted by Gasteiger charge is -2.41. The Balaban J connectivity index is 1.52. The van der Waals surface area contributed by atoms with Crippen LogP contribution in [0.5, 0.6) is 0 Å². The van der Waals surface area contributed by atoms with Crippen molar-refractivity contribution in [3.63, 3.8) is 0 Å². The Morgan fingerprint density at radius 3 is 2.79 bits per heavy atom. The number of halogens is 1. The zero-order chi connectivity index (χ0) is 19.4. The number of aromatic nitrogens is 1. The number of hydrogen-bond donors (Lipinski definition) is 0. The summed E-state index contributed by atoms with van der Waals surface area (Å²) in [6.45, 7) is 3.52. The van der Waals surface area contributed by atoms with Gasteiger partial charge in [0.1, 0.15) is 12.6 Å². The molecular formula is C22H22ClN3O2. The minimum Gasteiger partial charge on any atom is -0.336 e. The molecular weight excluding hydrogens is 374 g/mol. The predicted octanol–water partition coefficient (Wildman–Crippen LogP) is 3.67. The van der Waals surface area contributed by atoms with E-state index in [1.54, 1.807) is 4.90 Å². The van der Waals surface area contributed by atoms with Crippen molar-refractivity contribution < 1.29 is 9.59 Å². The number of hydrogen-bond acceptors (Lipinski definition) is 2. The SMILES string of the molecule is C[C@@H]1C(=O)N2CCC[C@H]2CN1C(=O)Cn1c2ccccc2c2cc(Cl)ccc21. The number of amides is 2. The molecule has 2 aromatic carbocycles. The molecule has 2 aliphatic rings. The number of carbonyl (C=O) groups is 2. The van der Waals surface area contributed by atoms with E-state index in [1.165, 1.54) is 0 Å². The quantitative estimate of drug-likeness (QED) is 0.664. The Kier molecular flexibility index (Phi) is 4.09. The minimum atomic E-state index is -0.399. The largest absolute Gasteiger partial charge is 0.336 e. The second-order valence-corrected chi connectivity index (χ2v) is 8.25. The summed E-state index contributed by atoms with van der Waals surface area (Å²) in [5.74, 6) is 0.0705. The number of rotatable bonds is 2. The van der Waals surface area contributed by atoms with Gasteiger partial charge in [0.2, 0.25) is 11.8 Å². The maximum atomic E-state index is 13.3. The van der Waals surface area contributed by atoms with E-state index in [9.17, 15) is 9.59 Å². The van der Waals surface area contributed by atoms with Crippen molar-refractivity contribution in [3.05, 3.63) is 47.5 Å². The Morgan fingerprint density at radius 1 is 1.14 bits per heavy atom. The fourth-order valence-electron chi connectivity index (χ4n) is 4.81. The molecule has 6 heteroatoms. The molecule has 3 aromatic rings. The Morgan fingerprint density at radius 2 is 1.93 bits per heavy atom. The first kappa shape index (κ1) is 17.6. The van der Waals surface area contributed by atoms with Crippen molar-refractivity contribution >= 4 is 45.2 Å². The standard InChI is InChI=1S/C22H22ClN3O2/c1-14-22(28)24-10-4-5-16(24)12-25(14)21(27)13-26-19-7-3-2-6-17(19)18-11-15(23)8-9-20(18)26/h2-3,6-9,11,14,16H,4-5,10,12-13H2,1H3/t14-,16+/m1/s1. The molecule has 2 aliphatic heterocycles. The van der Waals surface area contributed by atoms with Crippen LogP contribution in [0.25, 0.3) is 21.8 Å². The van der Waals surface area contributed by atoms with Gasteiger partial charge in [-0.15, -0.1) is 0 Å². The van der Waals surface area contributed by atoms with Crippen LogP contribution < -0.4 is 0 Å². The first-order chi connectivity index (χ1) is 13.5. The number of para-hydroxylation sites is 1. The number of piperazine rings is 1. The molecule has 2 atom stereocenters. The van der Waals surface area contributed by atoms with Crippen LogP contribution in [0.1, 0.15) is 19.8 Å². The molecule has 2 saturated heterocycles. The first-order valence-electron chi connectivity index (χ1n) is 9.81. The van der Waals surface area contributed by atoms with E-state index in [-0.39, 0.29) is 24.4 Å². The Bertz CT molecular complexity index is 1110. The summed E-state index contributed by atoms with van der Waals surface area (Å²) in [6, 6.07) is 13.6. The summed E-state index contributed by atoms with van der Waals surface area (Å²) < 4.78 is 2.04. The van der Waals surface area contributed by atoms with E-state index < -0.39 is 6.04 Å². The monoisotopic (exact) mass is 395 g/mol. The fourth-order valence-corrected chi connectivity index (χ4v) is 4.99. The van der Waals surface area contributed by atoms with Gasteiger partial charge in [0.25, 0.3) is 0 Å². The van der Waals surface area contributed by atoms with E-state index in [0.717, 1.165) is 41.2 Å². The van der Waals surface area contributed by atoms with Crippen LogP contribution in [-0.2, 0) is 16.1 Å². The van der Waals surface area contributed by atoms with Crippen molar-refractivity contribution in [2.24, 2.45) is 0 Å². The van der Waals surface area contributed by atoms with E-state index in [4.69, 9.17) is 11.6 Å². The lowest BCUT2D eigenvalue weighted by Crippen LogP contribution is -2.60. The van der Waals surface area contributed by atoms with Gasteiger partial charge in [0.05, 0.1) is 0 Å². The van der Waals surface area contributed by atoms with Crippen molar-refractivity contribution in [3.8, 4) is 0 Å². The molecule has 5 nitrogen and oxygen atoms in total. The van der Waals surface area contributed by atoms with Crippen molar-refractivity contribution in [1.29, 1.82) is 0 Å². The first-order valence-corrected chi connectivity index (χ1v) is 10.2. The number of nitrogens with zero attached hydrogens (tertiary/aromatic N) is 3. The zero-order valence-corrected chi connectivity index (χ0v) is 16.5. The maximum Gasteiger partial charge on any atom is 0.245 e. The van der Waals surface area contributed by atoms with Gasteiger partial charge in [-0.3, -0.25) is 9.59 Å². The van der Waals surface area contributed by atoms with Crippen LogP contribution in [0, 0.1) is 0 Å². The van der Waals surface area contributed by atoms with Gasteiger partial charge in [0.15, 0.2) is 0 Å². The number of carbonyl (C=O) groups excluding carboxylic acids is 2. The summed E-state index contributed by atoms with van der Waals surface area (Å²) in [6.07, 6.45) is 2.01. The molecule has 0 unspecified atom stereocenters. The average molecular weight is 396 g/mol. The molecule has 0 spiro atoms. The van der Waals surface area contributed by atoms with E-state index in [1.807, 2.05) is 52.8 Å². The normalized spacial score (nSPS) is 22.3.